The van der Waals surface area contributed by atoms with Gasteiger partial charge < -0.3 is 10.6 Å². The first-order valence-electron chi connectivity index (χ1n) is 9.13. The minimum absolute atomic E-state index is 0. The van der Waals surface area contributed by atoms with Crippen LogP contribution in [0, 0.1) is 12.8 Å². The normalized spacial score (nSPS) is 17.1. The molecule has 0 unspecified atom stereocenters. The van der Waals surface area contributed by atoms with E-state index >= 15 is 0 Å². The van der Waals surface area contributed by atoms with Crippen LogP contribution < -0.4 is 10.6 Å². The van der Waals surface area contributed by atoms with Gasteiger partial charge in [-0.3, -0.25) is 4.99 Å². The molecule has 0 radical (unpaired) electrons. The molecule has 0 amide bonds. The molecule has 1 saturated heterocycles. The third-order valence-electron chi connectivity index (χ3n) is 4.36. The average Bonchev–Trinajstić information content (AvgIpc) is 3.04. The van der Waals surface area contributed by atoms with Crippen molar-refractivity contribution in [2.75, 3.05) is 32.7 Å². The Balaban J connectivity index is 0.00000420. The summed E-state index contributed by atoms with van der Waals surface area (Å²) in [5.41, 5.74) is -5.24. The zero-order chi connectivity index (χ0) is 20.8. The fourth-order valence-corrected chi connectivity index (χ4v) is 4.62. The minimum atomic E-state index is -5.24. The molecule has 0 saturated carbocycles. The average molecular weight is 569 g/mol. The van der Waals surface area contributed by atoms with E-state index in [1.54, 1.807) is 11.3 Å². The topological polar surface area (TPSA) is 86.7 Å². The summed E-state index contributed by atoms with van der Waals surface area (Å²) in [6.07, 6.45) is 3.33. The number of sulfonamides is 1. The number of alkyl halides is 3. The minimum Gasteiger partial charge on any atom is -0.357 e. The van der Waals surface area contributed by atoms with E-state index in [2.05, 4.69) is 20.6 Å². The monoisotopic (exact) mass is 569 g/mol. The number of rotatable bonds is 7. The van der Waals surface area contributed by atoms with Crippen molar-refractivity contribution < 1.29 is 21.6 Å². The van der Waals surface area contributed by atoms with Crippen molar-refractivity contribution in [3.05, 3.63) is 16.1 Å². The van der Waals surface area contributed by atoms with E-state index in [9.17, 15) is 21.6 Å². The zero-order valence-electron chi connectivity index (χ0n) is 16.3. The van der Waals surface area contributed by atoms with E-state index in [1.807, 2.05) is 20.0 Å². The smallest absolute Gasteiger partial charge is 0.357 e. The van der Waals surface area contributed by atoms with Crippen LogP contribution in [0.3, 0.4) is 0 Å². The molecular weight excluding hydrogens is 542 g/mol. The maximum absolute atomic E-state index is 12.6. The summed E-state index contributed by atoms with van der Waals surface area (Å²) in [7, 11) is -5.23. The van der Waals surface area contributed by atoms with Gasteiger partial charge in [-0.2, -0.15) is 17.5 Å². The fourth-order valence-electron chi connectivity index (χ4n) is 2.85. The second-order valence-electron chi connectivity index (χ2n) is 6.55. The van der Waals surface area contributed by atoms with Gasteiger partial charge in [-0.05, 0) is 32.6 Å². The first-order valence-corrected chi connectivity index (χ1v) is 11.4. The quantitative estimate of drug-likeness (QED) is 0.300. The van der Waals surface area contributed by atoms with Gasteiger partial charge in [0.15, 0.2) is 5.96 Å². The summed E-state index contributed by atoms with van der Waals surface area (Å²) < 4.78 is 61.3. The third-order valence-corrected chi connectivity index (χ3v) is 6.96. The Morgan fingerprint density at radius 1 is 1.34 bits per heavy atom. The molecule has 1 fully saturated rings. The molecule has 1 aliphatic rings. The lowest BCUT2D eigenvalue weighted by Gasteiger charge is -2.30. The van der Waals surface area contributed by atoms with Crippen LogP contribution in [0.25, 0.3) is 0 Å². The van der Waals surface area contributed by atoms with Crippen molar-refractivity contribution in [3.63, 3.8) is 0 Å². The van der Waals surface area contributed by atoms with Gasteiger partial charge >= 0.3 is 15.5 Å². The summed E-state index contributed by atoms with van der Waals surface area (Å²) in [5.74, 6) is 0.692. The lowest BCUT2D eigenvalue weighted by atomic mass is 9.98. The Morgan fingerprint density at radius 3 is 2.52 bits per heavy atom. The predicted molar refractivity (Wildman–Crippen MR) is 119 cm³/mol. The standard InChI is InChI=1S/C16H26F3N5O2S2.HI/c1-3-20-15(21-7-4-14-22-10-12(2)27-14)23-11-13-5-8-24(9-6-13)28(25,26)16(17,18)19;/h10,13H,3-9,11H2,1-2H3,(H2,20,21,23);1H. The Morgan fingerprint density at radius 2 is 2.00 bits per heavy atom. The summed E-state index contributed by atoms with van der Waals surface area (Å²) >= 11 is 1.65. The third kappa shape index (κ3) is 7.83. The molecule has 29 heavy (non-hydrogen) atoms. The maximum atomic E-state index is 12.6. The highest BCUT2D eigenvalue weighted by Gasteiger charge is 2.50. The number of piperidine rings is 1. The molecule has 1 aromatic rings. The lowest BCUT2D eigenvalue weighted by Crippen LogP contribution is -2.45. The highest BCUT2D eigenvalue weighted by Crippen LogP contribution is 2.30. The van der Waals surface area contributed by atoms with Gasteiger partial charge in [0, 0.05) is 50.2 Å². The zero-order valence-corrected chi connectivity index (χ0v) is 20.3. The van der Waals surface area contributed by atoms with E-state index in [0.717, 1.165) is 16.3 Å². The first-order chi connectivity index (χ1) is 13.1. The number of nitrogens with zero attached hydrogens (tertiary/aromatic N) is 3. The predicted octanol–water partition coefficient (Wildman–Crippen LogP) is 2.73. The molecule has 7 nitrogen and oxygen atoms in total. The number of nitrogens with one attached hydrogen (secondary N) is 2. The van der Waals surface area contributed by atoms with Crippen LogP contribution in [-0.2, 0) is 16.4 Å². The Kier molecular flexibility index (Phi) is 10.6. The molecule has 2 heterocycles. The van der Waals surface area contributed by atoms with Crippen LogP contribution in [0.4, 0.5) is 13.2 Å². The Hall–Kier alpha value is -0.670. The first kappa shape index (κ1) is 26.4. The highest BCUT2D eigenvalue weighted by molar-refractivity contribution is 14.0. The van der Waals surface area contributed by atoms with E-state index in [-0.39, 0.29) is 43.0 Å². The van der Waals surface area contributed by atoms with Crippen molar-refractivity contribution in [1.82, 2.24) is 19.9 Å². The molecule has 1 aromatic heterocycles. The fraction of sp³-hybridized carbons (Fsp3) is 0.750. The molecule has 0 aromatic carbocycles. The summed E-state index contributed by atoms with van der Waals surface area (Å²) in [4.78, 5) is 9.96. The van der Waals surface area contributed by atoms with Gasteiger partial charge in [0.25, 0.3) is 0 Å². The van der Waals surface area contributed by atoms with Crippen LogP contribution in [-0.4, -0.2) is 61.9 Å². The van der Waals surface area contributed by atoms with Gasteiger partial charge in [0.1, 0.15) is 0 Å². The lowest BCUT2D eigenvalue weighted by molar-refractivity contribution is -0.0496. The molecule has 1 aliphatic heterocycles. The summed E-state index contributed by atoms with van der Waals surface area (Å²) in [5, 5.41) is 7.40. The molecule has 2 N–H and O–H groups in total. The van der Waals surface area contributed by atoms with E-state index in [4.69, 9.17) is 0 Å². The molecule has 168 valence electrons. The number of guanidine groups is 1. The molecule has 2 rings (SSSR count). The summed E-state index contributed by atoms with van der Waals surface area (Å²) in [6, 6.07) is 0. The molecular formula is C16H27F3IN5O2S2. The number of hydrogen-bond donors (Lipinski definition) is 2. The number of aromatic nitrogens is 1. The number of aryl methyl sites for hydroxylation is 1. The number of hydrogen-bond acceptors (Lipinski definition) is 5. The van der Waals surface area contributed by atoms with Crippen LogP contribution in [0.2, 0.25) is 0 Å². The molecule has 13 heteroatoms. The van der Waals surface area contributed by atoms with E-state index in [0.29, 0.717) is 42.7 Å². The SMILES string of the molecule is CCNC(=NCC1CCN(S(=O)(=O)C(F)(F)F)CC1)NCCc1ncc(C)s1.I. The van der Waals surface area contributed by atoms with Crippen LogP contribution in [0.15, 0.2) is 11.2 Å². The highest BCUT2D eigenvalue weighted by atomic mass is 127. The molecule has 0 aliphatic carbocycles. The molecule has 0 bridgehead atoms. The second-order valence-corrected chi connectivity index (χ2v) is 9.80. The van der Waals surface area contributed by atoms with Crippen LogP contribution >= 0.6 is 35.3 Å². The van der Waals surface area contributed by atoms with Crippen molar-refractivity contribution in [3.8, 4) is 0 Å². The van der Waals surface area contributed by atoms with Crippen molar-refractivity contribution >= 4 is 51.3 Å². The number of aliphatic imine (C=N–C) groups is 1. The van der Waals surface area contributed by atoms with Crippen molar-refractivity contribution in [2.24, 2.45) is 10.9 Å². The van der Waals surface area contributed by atoms with E-state index in [1.165, 1.54) is 0 Å². The summed E-state index contributed by atoms with van der Waals surface area (Å²) in [6.45, 7) is 5.48. The largest absolute Gasteiger partial charge is 0.511 e. The van der Waals surface area contributed by atoms with Crippen molar-refractivity contribution in [2.45, 2.75) is 38.6 Å². The molecule has 0 atom stereocenters. The van der Waals surface area contributed by atoms with Gasteiger partial charge in [-0.1, -0.05) is 0 Å². The van der Waals surface area contributed by atoms with Gasteiger partial charge in [0.2, 0.25) is 0 Å². The Labute approximate surface area is 190 Å². The van der Waals surface area contributed by atoms with Gasteiger partial charge in [-0.25, -0.2) is 13.4 Å². The van der Waals surface area contributed by atoms with Gasteiger partial charge in [-0.15, -0.1) is 35.3 Å². The number of thiazole rings is 1. The number of halogens is 4. The van der Waals surface area contributed by atoms with Crippen molar-refractivity contribution in [1.29, 1.82) is 0 Å². The van der Waals surface area contributed by atoms with Crippen LogP contribution in [0.1, 0.15) is 29.7 Å². The van der Waals surface area contributed by atoms with Crippen LogP contribution in [0.5, 0.6) is 0 Å². The second kappa shape index (κ2) is 11.6. The Bertz CT molecular complexity index is 763. The van der Waals surface area contributed by atoms with E-state index < -0.39 is 15.5 Å². The maximum Gasteiger partial charge on any atom is 0.511 e. The molecule has 0 spiro atoms. The van der Waals surface area contributed by atoms with Gasteiger partial charge in [0.05, 0.1) is 5.01 Å².